The topological polar surface area (TPSA) is 42.4 Å². The Morgan fingerprint density at radius 2 is 2.22 bits per heavy atom. The third kappa shape index (κ3) is 3.02. The number of hydrogen-bond acceptors (Lipinski definition) is 5. The fourth-order valence-corrected chi connectivity index (χ4v) is 2.83. The predicted octanol–water partition coefficient (Wildman–Crippen LogP) is 2.86. The van der Waals surface area contributed by atoms with Crippen LogP contribution in [0.25, 0.3) is 0 Å². The van der Waals surface area contributed by atoms with E-state index in [1.54, 1.807) is 11.3 Å². The number of thiazole rings is 1. The molecule has 0 spiro atoms. The highest BCUT2D eigenvalue weighted by Gasteiger charge is 2.26. The monoisotopic (exact) mass is 268 g/mol. The summed E-state index contributed by atoms with van der Waals surface area (Å²) in [6.45, 7) is 8.26. The van der Waals surface area contributed by atoms with Gasteiger partial charge in [-0.15, -0.1) is 11.3 Å². The Kier molecular flexibility index (Phi) is 4.22. The largest absolute Gasteiger partial charge is 0.461 e. The third-order valence-electron chi connectivity index (χ3n) is 3.08. The highest BCUT2D eigenvalue weighted by molar-refractivity contribution is 7.15. The number of nitrogens with zero attached hydrogens (tertiary/aromatic N) is 2. The lowest BCUT2D eigenvalue weighted by molar-refractivity contribution is 0.0519. The molecule has 100 valence electrons. The van der Waals surface area contributed by atoms with Crippen molar-refractivity contribution in [1.29, 1.82) is 0 Å². The van der Waals surface area contributed by atoms with Gasteiger partial charge in [0.1, 0.15) is 0 Å². The molecule has 0 atom stereocenters. The number of carbonyl (C=O) groups is 1. The second kappa shape index (κ2) is 5.69. The summed E-state index contributed by atoms with van der Waals surface area (Å²) in [5.41, 5.74) is 0.478. The molecule has 1 aliphatic rings. The van der Waals surface area contributed by atoms with E-state index in [0.717, 1.165) is 29.0 Å². The average molecular weight is 268 g/mol. The molecule has 0 saturated heterocycles. The first-order valence-electron chi connectivity index (χ1n) is 6.55. The van der Waals surface area contributed by atoms with E-state index in [4.69, 9.17) is 4.74 Å². The van der Waals surface area contributed by atoms with Crippen LogP contribution in [-0.2, 0) is 4.74 Å². The van der Waals surface area contributed by atoms with Crippen LogP contribution >= 0.6 is 11.3 Å². The van der Waals surface area contributed by atoms with Crippen LogP contribution in [0.2, 0.25) is 0 Å². The van der Waals surface area contributed by atoms with Gasteiger partial charge in [0.2, 0.25) is 0 Å². The summed E-state index contributed by atoms with van der Waals surface area (Å²) >= 11 is 1.58. The number of carbonyl (C=O) groups excluding carboxylic acids is 1. The molecule has 0 unspecified atom stereocenters. The van der Waals surface area contributed by atoms with Gasteiger partial charge in [0.15, 0.2) is 10.8 Å². The van der Waals surface area contributed by atoms with Crippen LogP contribution in [0, 0.1) is 12.8 Å². The van der Waals surface area contributed by atoms with Crippen LogP contribution in [0.5, 0.6) is 0 Å². The summed E-state index contributed by atoms with van der Waals surface area (Å²) in [4.78, 5) is 19.4. The molecule has 1 aliphatic carbocycles. The van der Waals surface area contributed by atoms with Crippen LogP contribution in [0.1, 0.15) is 42.1 Å². The lowest BCUT2D eigenvalue weighted by Gasteiger charge is -2.19. The highest BCUT2D eigenvalue weighted by atomic mass is 32.1. The van der Waals surface area contributed by atoms with Crippen molar-refractivity contribution in [2.45, 2.75) is 33.6 Å². The van der Waals surface area contributed by atoms with Gasteiger partial charge >= 0.3 is 5.97 Å². The van der Waals surface area contributed by atoms with Crippen molar-refractivity contribution in [1.82, 2.24) is 4.98 Å². The normalized spacial score (nSPS) is 14.6. The van der Waals surface area contributed by atoms with E-state index in [9.17, 15) is 4.79 Å². The van der Waals surface area contributed by atoms with E-state index in [2.05, 4.69) is 16.8 Å². The number of aromatic nitrogens is 1. The van der Waals surface area contributed by atoms with Gasteiger partial charge in [-0.05, 0) is 39.5 Å². The molecular weight excluding hydrogens is 248 g/mol. The van der Waals surface area contributed by atoms with Crippen LogP contribution in [0.15, 0.2) is 0 Å². The highest BCUT2D eigenvalue weighted by Crippen LogP contribution is 2.33. The summed E-state index contributed by atoms with van der Waals surface area (Å²) in [5, 5.41) is 0.949. The van der Waals surface area contributed by atoms with E-state index in [1.807, 2.05) is 13.8 Å². The molecular formula is C13H20N2O2S. The van der Waals surface area contributed by atoms with Crippen molar-refractivity contribution < 1.29 is 9.53 Å². The predicted molar refractivity (Wildman–Crippen MR) is 73.4 cm³/mol. The molecule has 4 nitrogen and oxygen atoms in total. The molecule has 0 aromatic carbocycles. The molecule has 0 aliphatic heterocycles. The minimum absolute atomic E-state index is 0.306. The van der Waals surface area contributed by atoms with E-state index in [1.165, 1.54) is 12.8 Å². The molecule has 1 aromatic heterocycles. The lowest BCUT2D eigenvalue weighted by atomic mass is 10.4. The molecule has 2 rings (SSSR count). The minimum Gasteiger partial charge on any atom is -0.461 e. The summed E-state index contributed by atoms with van der Waals surface area (Å²) in [6.07, 6.45) is 2.65. The number of ether oxygens (including phenoxy) is 1. The van der Waals surface area contributed by atoms with Gasteiger partial charge in [0.05, 0.1) is 6.61 Å². The molecule has 0 amide bonds. The van der Waals surface area contributed by atoms with Gasteiger partial charge in [0, 0.05) is 18.0 Å². The van der Waals surface area contributed by atoms with E-state index >= 15 is 0 Å². The average Bonchev–Trinajstić information content (AvgIpc) is 3.08. The van der Waals surface area contributed by atoms with Crippen LogP contribution in [0.4, 0.5) is 5.13 Å². The Labute approximate surface area is 112 Å². The van der Waals surface area contributed by atoms with Gasteiger partial charge in [-0.3, -0.25) is 0 Å². The van der Waals surface area contributed by atoms with E-state index in [-0.39, 0.29) is 5.97 Å². The molecule has 1 aromatic rings. The molecule has 1 saturated carbocycles. The maximum absolute atomic E-state index is 11.7. The zero-order valence-corrected chi connectivity index (χ0v) is 12.0. The molecule has 0 bridgehead atoms. The second-order valence-corrected chi connectivity index (χ2v) is 5.79. The molecule has 0 radical (unpaired) electrons. The maximum Gasteiger partial charge on any atom is 0.358 e. The van der Waals surface area contributed by atoms with Crippen LogP contribution in [-0.4, -0.2) is 30.6 Å². The summed E-state index contributed by atoms with van der Waals surface area (Å²) in [5.74, 6) is 0.514. The molecule has 0 N–H and O–H groups in total. The Morgan fingerprint density at radius 1 is 1.50 bits per heavy atom. The van der Waals surface area contributed by atoms with E-state index < -0.39 is 0 Å². The third-order valence-corrected chi connectivity index (χ3v) is 4.11. The minimum atomic E-state index is -0.306. The van der Waals surface area contributed by atoms with Crippen molar-refractivity contribution in [2.75, 3.05) is 24.6 Å². The Morgan fingerprint density at radius 3 is 2.78 bits per heavy atom. The quantitative estimate of drug-likeness (QED) is 0.744. The standard InChI is InChI=1S/C13H20N2O2S/c1-4-15(8-10-6-7-10)13-14-11(9(3)18-13)12(16)17-5-2/h10H,4-8H2,1-3H3. The maximum atomic E-state index is 11.7. The zero-order valence-electron chi connectivity index (χ0n) is 11.2. The van der Waals surface area contributed by atoms with Crippen molar-refractivity contribution >= 4 is 22.4 Å². The summed E-state index contributed by atoms with van der Waals surface area (Å²) in [6, 6.07) is 0. The molecule has 5 heteroatoms. The summed E-state index contributed by atoms with van der Waals surface area (Å²) < 4.78 is 5.02. The van der Waals surface area contributed by atoms with Crippen molar-refractivity contribution in [3.8, 4) is 0 Å². The van der Waals surface area contributed by atoms with Crippen LogP contribution in [0.3, 0.4) is 0 Å². The summed E-state index contributed by atoms with van der Waals surface area (Å²) in [7, 11) is 0. The molecule has 1 heterocycles. The lowest BCUT2D eigenvalue weighted by Crippen LogP contribution is -2.25. The first-order chi connectivity index (χ1) is 8.65. The van der Waals surface area contributed by atoms with Crippen LogP contribution < -0.4 is 4.90 Å². The number of anilines is 1. The first-order valence-corrected chi connectivity index (χ1v) is 7.36. The fourth-order valence-electron chi connectivity index (χ4n) is 1.86. The fraction of sp³-hybridized carbons (Fsp3) is 0.692. The van der Waals surface area contributed by atoms with Gasteiger partial charge in [-0.2, -0.15) is 0 Å². The second-order valence-electron chi connectivity index (χ2n) is 4.60. The van der Waals surface area contributed by atoms with E-state index in [0.29, 0.717) is 12.3 Å². The number of esters is 1. The first kappa shape index (κ1) is 13.3. The van der Waals surface area contributed by atoms with Crippen molar-refractivity contribution in [3.63, 3.8) is 0 Å². The SMILES string of the molecule is CCOC(=O)c1nc(N(CC)CC2CC2)sc1C. The Balaban J connectivity index is 2.12. The zero-order chi connectivity index (χ0) is 13.1. The van der Waals surface area contributed by atoms with Gasteiger partial charge in [-0.25, -0.2) is 9.78 Å². The van der Waals surface area contributed by atoms with Crippen molar-refractivity contribution in [3.05, 3.63) is 10.6 Å². The molecule has 18 heavy (non-hydrogen) atoms. The van der Waals surface area contributed by atoms with Gasteiger partial charge < -0.3 is 9.64 Å². The van der Waals surface area contributed by atoms with Gasteiger partial charge in [-0.1, -0.05) is 0 Å². The Bertz CT molecular complexity index is 427. The molecule has 1 fully saturated rings. The smallest absolute Gasteiger partial charge is 0.358 e. The number of hydrogen-bond donors (Lipinski definition) is 0. The number of rotatable bonds is 6. The number of aryl methyl sites for hydroxylation is 1. The van der Waals surface area contributed by atoms with Gasteiger partial charge in [0.25, 0.3) is 0 Å². The van der Waals surface area contributed by atoms with Crippen molar-refractivity contribution in [2.24, 2.45) is 5.92 Å². The Hall–Kier alpha value is -1.10.